The molecule has 0 saturated heterocycles. The van der Waals surface area contributed by atoms with Gasteiger partial charge in [0.25, 0.3) is 0 Å². The normalized spacial score (nSPS) is 10.4. The summed E-state index contributed by atoms with van der Waals surface area (Å²) < 4.78 is 5.76. The van der Waals surface area contributed by atoms with Gasteiger partial charge in [-0.05, 0) is 53.6 Å². The number of carboxylic acid groups (broad SMARTS) is 1. The Balaban J connectivity index is 1.61. The van der Waals surface area contributed by atoms with Gasteiger partial charge in [0.1, 0.15) is 12.4 Å². The molecule has 0 unspecified atom stereocenters. The molecule has 0 amide bonds. The first kappa shape index (κ1) is 19.1. The summed E-state index contributed by atoms with van der Waals surface area (Å²) in [6, 6.07) is 19.7. The molecule has 3 aromatic rings. The van der Waals surface area contributed by atoms with Gasteiger partial charge in [0, 0.05) is 17.3 Å². The number of anilines is 1. The quantitative estimate of drug-likeness (QED) is 0.518. The standard InChI is InChI=1S/C21H17Cl2NO3/c22-17-5-1-3-15(9-17)13-27-20-8-7-14(10-19(20)23)12-24-18-6-2-4-16(11-18)21(25)26/h1-11,24H,12-13H2,(H,25,26). The molecule has 138 valence electrons. The molecule has 3 rings (SSSR count). The van der Waals surface area contributed by atoms with Gasteiger partial charge in [0.2, 0.25) is 0 Å². The van der Waals surface area contributed by atoms with Crippen molar-refractivity contribution in [2.45, 2.75) is 13.2 Å². The minimum absolute atomic E-state index is 0.239. The van der Waals surface area contributed by atoms with Crippen LogP contribution in [0.2, 0.25) is 10.0 Å². The largest absolute Gasteiger partial charge is 0.487 e. The summed E-state index contributed by atoms with van der Waals surface area (Å²) >= 11 is 12.3. The van der Waals surface area contributed by atoms with Gasteiger partial charge in [-0.1, -0.05) is 47.5 Å². The number of carbonyl (C=O) groups is 1. The Bertz CT molecular complexity index is 960. The molecule has 0 aliphatic rings. The van der Waals surface area contributed by atoms with Crippen molar-refractivity contribution in [2.24, 2.45) is 0 Å². The van der Waals surface area contributed by atoms with Crippen molar-refractivity contribution in [2.75, 3.05) is 5.32 Å². The number of nitrogens with one attached hydrogen (secondary N) is 1. The van der Waals surface area contributed by atoms with Crippen molar-refractivity contribution in [3.05, 3.63) is 93.5 Å². The monoisotopic (exact) mass is 401 g/mol. The molecule has 4 nitrogen and oxygen atoms in total. The van der Waals surface area contributed by atoms with E-state index in [-0.39, 0.29) is 5.56 Å². The van der Waals surface area contributed by atoms with Crippen LogP contribution in [0.15, 0.2) is 66.7 Å². The van der Waals surface area contributed by atoms with Gasteiger partial charge in [-0.2, -0.15) is 0 Å². The Morgan fingerprint density at radius 3 is 2.52 bits per heavy atom. The molecule has 0 aliphatic heterocycles. The third-order valence-corrected chi connectivity index (χ3v) is 4.42. The average molecular weight is 402 g/mol. The van der Waals surface area contributed by atoms with E-state index < -0.39 is 5.97 Å². The predicted molar refractivity (Wildman–Crippen MR) is 108 cm³/mol. The first-order chi connectivity index (χ1) is 13.0. The van der Waals surface area contributed by atoms with Crippen LogP contribution in [-0.4, -0.2) is 11.1 Å². The summed E-state index contributed by atoms with van der Waals surface area (Å²) in [4.78, 5) is 11.0. The van der Waals surface area contributed by atoms with Crippen LogP contribution in [0.25, 0.3) is 0 Å². The summed E-state index contributed by atoms with van der Waals surface area (Å²) in [5.41, 5.74) is 2.88. The van der Waals surface area contributed by atoms with Crippen LogP contribution >= 0.6 is 23.2 Å². The van der Waals surface area contributed by atoms with Gasteiger partial charge in [-0.25, -0.2) is 4.79 Å². The van der Waals surface area contributed by atoms with Gasteiger partial charge >= 0.3 is 5.97 Å². The highest BCUT2D eigenvalue weighted by Gasteiger charge is 2.06. The second kappa shape index (κ2) is 8.80. The van der Waals surface area contributed by atoms with Crippen LogP contribution in [0.4, 0.5) is 5.69 Å². The Labute approximate surface area is 167 Å². The summed E-state index contributed by atoms with van der Waals surface area (Å²) in [5.74, 6) is -0.365. The van der Waals surface area contributed by atoms with Gasteiger partial charge in [-0.3, -0.25) is 0 Å². The molecule has 27 heavy (non-hydrogen) atoms. The highest BCUT2D eigenvalue weighted by atomic mass is 35.5. The molecule has 0 atom stereocenters. The number of ether oxygens (including phenoxy) is 1. The summed E-state index contributed by atoms with van der Waals surface area (Å²) in [6.45, 7) is 0.886. The average Bonchev–Trinajstić information content (AvgIpc) is 2.66. The third kappa shape index (κ3) is 5.39. The van der Waals surface area contributed by atoms with Crippen LogP contribution in [0.1, 0.15) is 21.5 Å². The molecule has 3 aromatic carbocycles. The maximum absolute atomic E-state index is 11.0. The maximum atomic E-state index is 11.0. The van der Waals surface area contributed by atoms with E-state index in [4.69, 9.17) is 33.0 Å². The first-order valence-electron chi connectivity index (χ1n) is 8.24. The topological polar surface area (TPSA) is 58.6 Å². The van der Waals surface area contributed by atoms with Crippen LogP contribution in [0.5, 0.6) is 5.75 Å². The zero-order valence-electron chi connectivity index (χ0n) is 14.3. The molecular weight excluding hydrogens is 385 g/mol. The second-order valence-corrected chi connectivity index (χ2v) is 6.77. The molecule has 2 N–H and O–H groups in total. The number of hydrogen-bond donors (Lipinski definition) is 2. The van der Waals surface area contributed by atoms with E-state index >= 15 is 0 Å². The molecule has 6 heteroatoms. The van der Waals surface area contributed by atoms with Crippen molar-refractivity contribution in [3.8, 4) is 5.75 Å². The molecule has 0 spiro atoms. The Hall–Kier alpha value is -2.69. The lowest BCUT2D eigenvalue weighted by Gasteiger charge is -2.11. The van der Waals surface area contributed by atoms with Crippen molar-refractivity contribution in [3.63, 3.8) is 0 Å². The molecular formula is C21H17Cl2NO3. The van der Waals surface area contributed by atoms with Gasteiger partial charge < -0.3 is 15.2 Å². The zero-order valence-corrected chi connectivity index (χ0v) is 15.8. The fraction of sp³-hybridized carbons (Fsp3) is 0.0952. The minimum atomic E-state index is -0.956. The third-order valence-electron chi connectivity index (χ3n) is 3.89. The van der Waals surface area contributed by atoms with Crippen LogP contribution in [-0.2, 0) is 13.2 Å². The number of hydrogen-bond acceptors (Lipinski definition) is 3. The molecule has 0 aromatic heterocycles. The molecule has 0 fully saturated rings. The van der Waals surface area contributed by atoms with Gasteiger partial charge in [0.05, 0.1) is 10.6 Å². The minimum Gasteiger partial charge on any atom is -0.487 e. The zero-order chi connectivity index (χ0) is 19.2. The summed E-state index contributed by atoms with van der Waals surface area (Å²) in [6.07, 6.45) is 0. The van der Waals surface area contributed by atoms with Crippen LogP contribution in [0, 0.1) is 0 Å². The number of rotatable bonds is 7. The lowest BCUT2D eigenvalue weighted by molar-refractivity contribution is 0.0697. The van der Waals surface area contributed by atoms with Crippen molar-refractivity contribution < 1.29 is 14.6 Å². The predicted octanol–water partition coefficient (Wildman–Crippen LogP) is 5.88. The van der Waals surface area contributed by atoms with E-state index in [1.54, 1.807) is 18.2 Å². The number of aromatic carboxylic acids is 1. The smallest absolute Gasteiger partial charge is 0.335 e. The van der Waals surface area contributed by atoms with Gasteiger partial charge in [-0.15, -0.1) is 0 Å². The van der Waals surface area contributed by atoms with E-state index in [1.165, 1.54) is 0 Å². The molecule has 0 aliphatic carbocycles. The van der Waals surface area contributed by atoms with E-state index in [0.29, 0.717) is 28.9 Å². The first-order valence-corrected chi connectivity index (χ1v) is 9.00. The van der Waals surface area contributed by atoms with Crippen molar-refractivity contribution >= 4 is 34.9 Å². The highest BCUT2D eigenvalue weighted by Crippen LogP contribution is 2.27. The lowest BCUT2D eigenvalue weighted by atomic mass is 10.2. The van der Waals surface area contributed by atoms with E-state index in [9.17, 15) is 4.79 Å². The lowest BCUT2D eigenvalue weighted by Crippen LogP contribution is -2.02. The Morgan fingerprint density at radius 2 is 1.78 bits per heavy atom. The number of halogens is 2. The maximum Gasteiger partial charge on any atom is 0.335 e. The second-order valence-electron chi connectivity index (χ2n) is 5.92. The molecule has 0 radical (unpaired) electrons. The fourth-order valence-electron chi connectivity index (χ4n) is 2.53. The van der Waals surface area contributed by atoms with E-state index in [1.807, 2.05) is 48.5 Å². The van der Waals surface area contributed by atoms with Gasteiger partial charge in [0.15, 0.2) is 0 Å². The Kier molecular flexibility index (Phi) is 6.22. The number of benzene rings is 3. The number of carboxylic acids is 1. The fourth-order valence-corrected chi connectivity index (χ4v) is 3.00. The van der Waals surface area contributed by atoms with E-state index in [0.717, 1.165) is 16.8 Å². The van der Waals surface area contributed by atoms with Crippen molar-refractivity contribution in [1.29, 1.82) is 0 Å². The Morgan fingerprint density at radius 1 is 0.963 bits per heavy atom. The highest BCUT2D eigenvalue weighted by molar-refractivity contribution is 6.32. The van der Waals surface area contributed by atoms with Crippen LogP contribution in [0.3, 0.4) is 0 Å². The SMILES string of the molecule is O=C(O)c1cccc(NCc2ccc(OCc3cccc(Cl)c3)c(Cl)c2)c1. The molecule has 0 bridgehead atoms. The van der Waals surface area contributed by atoms with Crippen molar-refractivity contribution in [1.82, 2.24) is 0 Å². The molecule has 0 heterocycles. The molecule has 0 saturated carbocycles. The van der Waals surface area contributed by atoms with E-state index in [2.05, 4.69) is 5.32 Å². The summed E-state index contributed by atoms with van der Waals surface area (Å²) in [7, 11) is 0. The van der Waals surface area contributed by atoms with Crippen LogP contribution < -0.4 is 10.1 Å². The summed E-state index contributed by atoms with van der Waals surface area (Å²) in [5, 5.41) is 13.4.